The molecule has 0 unspecified atom stereocenters. The minimum absolute atomic E-state index is 0.0894. The van der Waals surface area contributed by atoms with Crippen LogP contribution in [0.3, 0.4) is 0 Å². The normalized spacial score (nSPS) is 10.2. The van der Waals surface area contributed by atoms with E-state index in [0.29, 0.717) is 18.8 Å². The average Bonchev–Trinajstić information content (AvgIpc) is 2.46. The molecule has 0 spiro atoms. The third-order valence-electron chi connectivity index (χ3n) is 3.07. The fourth-order valence-electron chi connectivity index (χ4n) is 2.02. The molecule has 0 saturated carbocycles. The van der Waals surface area contributed by atoms with Crippen molar-refractivity contribution in [1.29, 1.82) is 0 Å². The van der Waals surface area contributed by atoms with E-state index in [4.69, 9.17) is 4.74 Å². The van der Waals surface area contributed by atoms with Gasteiger partial charge in [0.05, 0.1) is 11.5 Å². The van der Waals surface area contributed by atoms with Crippen LogP contribution in [0.25, 0.3) is 0 Å². The van der Waals surface area contributed by atoms with Crippen molar-refractivity contribution < 1.29 is 9.66 Å². The van der Waals surface area contributed by atoms with Crippen LogP contribution in [0.2, 0.25) is 0 Å². The zero-order chi connectivity index (χ0) is 15.2. The molecule has 0 atom stereocenters. The molecule has 0 aliphatic carbocycles. The van der Waals surface area contributed by atoms with Crippen LogP contribution in [0.15, 0.2) is 42.5 Å². The van der Waals surface area contributed by atoms with Gasteiger partial charge in [0.1, 0.15) is 11.4 Å². The van der Waals surface area contributed by atoms with Gasteiger partial charge in [-0.15, -0.1) is 0 Å². The minimum atomic E-state index is -0.375. The quantitative estimate of drug-likeness (QED) is 0.646. The van der Waals surface area contributed by atoms with E-state index >= 15 is 0 Å². The summed E-state index contributed by atoms with van der Waals surface area (Å²) in [7, 11) is 0. The Labute approximate surface area is 123 Å². The minimum Gasteiger partial charge on any atom is -0.494 e. The van der Waals surface area contributed by atoms with Crippen LogP contribution >= 0.6 is 0 Å². The maximum Gasteiger partial charge on any atom is 0.292 e. The predicted molar refractivity (Wildman–Crippen MR) is 82.8 cm³/mol. The second-order valence-electron chi connectivity index (χ2n) is 4.71. The maximum atomic E-state index is 11.0. The predicted octanol–water partition coefficient (Wildman–Crippen LogP) is 3.91. The number of nitrogens with one attached hydrogen (secondary N) is 1. The van der Waals surface area contributed by atoms with E-state index < -0.39 is 0 Å². The number of nitrogens with zero attached hydrogens (tertiary/aromatic N) is 1. The Bertz CT molecular complexity index is 624. The Morgan fingerprint density at radius 2 is 1.90 bits per heavy atom. The van der Waals surface area contributed by atoms with Gasteiger partial charge in [-0.05, 0) is 43.2 Å². The summed E-state index contributed by atoms with van der Waals surface area (Å²) in [5, 5.41) is 14.1. The van der Waals surface area contributed by atoms with E-state index in [9.17, 15) is 10.1 Å². The Balaban J connectivity index is 2.08. The number of benzene rings is 2. The molecule has 2 rings (SSSR count). The van der Waals surface area contributed by atoms with Gasteiger partial charge in [0, 0.05) is 12.6 Å². The Morgan fingerprint density at radius 3 is 2.52 bits per heavy atom. The zero-order valence-electron chi connectivity index (χ0n) is 12.1. The monoisotopic (exact) mass is 286 g/mol. The van der Waals surface area contributed by atoms with E-state index in [0.717, 1.165) is 16.9 Å². The first-order chi connectivity index (χ1) is 10.1. The summed E-state index contributed by atoms with van der Waals surface area (Å²) in [6.07, 6.45) is 0. The molecule has 5 nitrogen and oxygen atoms in total. The number of aryl methyl sites for hydroxylation is 1. The van der Waals surface area contributed by atoms with Gasteiger partial charge in [0.2, 0.25) is 0 Å². The average molecular weight is 286 g/mol. The highest BCUT2D eigenvalue weighted by molar-refractivity contribution is 5.62. The summed E-state index contributed by atoms with van der Waals surface area (Å²) in [6.45, 7) is 5.00. The summed E-state index contributed by atoms with van der Waals surface area (Å²) < 4.78 is 5.38. The van der Waals surface area contributed by atoms with Crippen LogP contribution in [0, 0.1) is 17.0 Å². The standard InChI is InChI=1S/C16H18N2O3/c1-3-21-14-7-5-13(6-8-14)11-17-15-10-12(2)4-9-16(15)18(19)20/h4-10,17H,3,11H2,1-2H3. The molecule has 0 saturated heterocycles. The van der Waals surface area contributed by atoms with Crippen LogP contribution < -0.4 is 10.1 Å². The Kier molecular flexibility index (Phi) is 4.77. The van der Waals surface area contributed by atoms with Crippen LogP contribution in [0.5, 0.6) is 5.75 Å². The SMILES string of the molecule is CCOc1ccc(CNc2cc(C)ccc2[N+](=O)[O-])cc1. The van der Waals surface area contributed by atoms with E-state index in [1.165, 1.54) is 6.07 Å². The first-order valence-corrected chi connectivity index (χ1v) is 6.81. The molecule has 5 heteroatoms. The number of anilines is 1. The van der Waals surface area contributed by atoms with Crippen molar-refractivity contribution in [3.8, 4) is 5.75 Å². The molecule has 21 heavy (non-hydrogen) atoms. The summed E-state index contributed by atoms with van der Waals surface area (Å²) in [5.41, 5.74) is 2.64. The molecule has 0 radical (unpaired) electrons. The third-order valence-corrected chi connectivity index (χ3v) is 3.07. The van der Waals surface area contributed by atoms with Crippen molar-refractivity contribution in [3.05, 3.63) is 63.7 Å². The summed E-state index contributed by atoms with van der Waals surface area (Å²) in [5.74, 6) is 0.822. The smallest absolute Gasteiger partial charge is 0.292 e. The lowest BCUT2D eigenvalue weighted by molar-refractivity contribution is -0.384. The van der Waals surface area contributed by atoms with Crippen molar-refractivity contribution in [3.63, 3.8) is 0 Å². The molecule has 2 aromatic carbocycles. The summed E-state index contributed by atoms with van der Waals surface area (Å²) in [6, 6.07) is 12.7. The molecule has 110 valence electrons. The maximum absolute atomic E-state index is 11.0. The number of ether oxygens (including phenoxy) is 1. The summed E-state index contributed by atoms with van der Waals surface area (Å²) in [4.78, 5) is 10.6. The third kappa shape index (κ3) is 3.95. The molecule has 0 fully saturated rings. The lowest BCUT2D eigenvalue weighted by Gasteiger charge is -2.09. The lowest BCUT2D eigenvalue weighted by Crippen LogP contribution is -2.03. The van der Waals surface area contributed by atoms with Crippen molar-refractivity contribution in [2.45, 2.75) is 20.4 Å². The van der Waals surface area contributed by atoms with Gasteiger partial charge < -0.3 is 10.1 Å². The van der Waals surface area contributed by atoms with Gasteiger partial charge in [0.15, 0.2) is 0 Å². The Hall–Kier alpha value is -2.56. The van der Waals surface area contributed by atoms with Crippen molar-refractivity contribution in [1.82, 2.24) is 0 Å². The first kappa shape index (κ1) is 14.8. The largest absolute Gasteiger partial charge is 0.494 e. The first-order valence-electron chi connectivity index (χ1n) is 6.81. The molecule has 2 aromatic rings. The highest BCUT2D eigenvalue weighted by Gasteiger charge is 2.12. The van der Waals surface area contributed by atoms with Crippen molar-refractivity contribution in [2.75, 3.05) is 11.9 Å². The number of rotatable bonds is 6. The van der Waals surface area contributed by atoms with Gasteiger partial charge in [0.25, 0.3) is 5.69 Å². The molecule has 0 aliphatic heterocycles. The highest BCUT2D eigenvalue weighted by atomic mass is 16.6. The van der Waals surface area contributed by atoms with Crippen LogP contribution in [-0.2, 0) is 6.54 Å². The fourth-order valence-corrected chi connectivity index (χ4v) is 2.02. The molecular weight excluding hydrogens is 268 g/mol. The lowest BCUT2D eigenvalue weighted by atomic mass is 10.1. The summed E-state index contributed by atoms with van der Waals surface area (Å²) >= 11 is 0. The van der Waals surface area contributed by atoms with Gasteiger partial charge in [-0.25, -0.2) is 0 Å². The highest BCUT2D eigenvalue weighted by Crippen LogP contribution is 2.26. The zero-order valence-corrected chi connectivity index (χ0v) is 12.1. The van der Waals surface area contributed by atoms with Gasteiger partial charge in [-0.1, -0.05) is 18.2 Å². The van der Waals surface area contributed by atoms with Crippen LogP contribution in [0.4, 0.5) is 11.4 Å². The van der Waals surface area contributed by atoms with Gasteiger partial charge in [-0.3, -0.25) is 10.1 Å². The molecule has 0 aliphatic rings. The van der Waals surface area contributed by atoms with Gasteiger partial charge in [-0.2, -0.15) is 0 Å². The van der Waals surface area contributed by atoms with Crippen LogP contribution in [0.1, 0.15) is 18.1 Å². The number of nitro groups is 1. The molecule has 0 bridgehead atoms. The molecular formula is C16H18N2O3. The fraction of sp³-hybridized carbons (Fsp3) is 0.250. The topological polar surface area (TPSA) is 64.4 Å². The van der Waals surface area contributed by atoms with E-state index in [2.05, 4.69) is 5.32 Å². The molecule has 0 amide bonds. The van der Waals surface area contributed by atoms with E-state index in [1.807, 2.05) is 38.1 Å². The van der Waals surface area contributed by atoms with E-state index in [1.54, 1.807) is 12.1 Å². The van der Waals surface area contributed by atoms with Crippen molar-refractivity contribution >= 4 is 11.4 Å². The van der Waals surface area contributed by atoms with Crippen LogP contribution in [-0.4, -0.2) is 11.5 Å². The van der Waals surface area contributed by atoms with Crippen molar-refractivity contribution in [2.24, 2.45) is 0 Å². The Morgan fingerprint density at radius 1 is 1.19 bits per heavy atom. The number of hydrogen-bond acceptors (Lipinski definition) is 4. The van der Waals surface area contributed by atoms with Gasteiger partial charge >= 0.3 is 0 Å². The number of nitro benzene ring substituents is 1. The molecule has 1 N–H and O–H groups in total. The molecule has 0 heterocycles. The second kappa shape index (κ2) is 6.74. The second-order valence-corrected chi connectivity index (χ2v) is 4.71. The number of hydrogen-bond donors (Lipinski definition) is 1. The van der Waals surface area contributed by atoms with E-state index in [-0.39, 0.29) is 10.6 Å². The molecule has 0 aromatic heterocycles.